The SMILES string of the molecule is CC(C#N)c1ccc(OC(F)F)c(Cl)c1. The van der Waals surface area contributed by atoms with Gasteiger partial charge in [-0.3, -0.25) is 0 Å². The highest BCUT2D eigenvalue weighted by Crippen LogP contribution is 2.29. The Morgan fingerprint density at radius 3 is 2.60 bits per heavy atom. The molecule has 2 nitrogen and oxygen atoms in total. The van der Waals surface area contributed by atoms with Crippen molar-refractivity contribution in [2.75, 3.05) is 0 Å². The van der Waals surface area contributed by atoms with Crippen LogP contribution in [0.3, 0.4) is 0 Å². The smallest absolute Gasteiger partial charge is 0.387 e. The van der Waals surface area contributed by atoms with E-state index in [0.717, 1.165) is 0 Å². The Morgan fingerprint density at radius 2 is 2.13 bits per heavy atom. The van der Waals surface area contributed by atoms with Crippen LogP contribution in [-0.2, 0) is 0 Å². The van der Waals surface area contributed by atoms with Crippen LogP contribution in [0.5, 0.6) is 5.75 Å². The summed E-state index contributed by atoms with van der Waals surface area (Å²) in [6.07, 6.45) is 0. The minimum Gasteiger partial charge on any atom is -0.433 e. The zero-order valence-corrected chi connectivity index (χ0v) is 8.63. The lowest BCUT2D eigenvalue weighted by Gasteiger charge is -2.09. The van der Waals surface area contributed by atoms with Crippen molar-refractivity contribution in [1.82, 2.24) is 0 Å². The van der Waals surface area contributed by atoms with Gasteiger partial charge in [0.15, 0.2) is 0 Å². The van der Waals surface area contributed by atoms with Gasteiger partial charge in [0.05, 0.1) is 17.0 Å². The molecule has 0 aliphatic carbocycles. The zero-order valence-electron chi connectivity index (χ0n) is 7.88. The van der Waals surface area contributed by atoms with Crippen LogP contribution < -0.4 is 4.74 Å². The largest absolute Gasteiger partial charge is 0.433 e. The van der Waals surface area contributed by atoms with Crippen molar-refractivity contribution in [1.29, 1.82) is 5.26 Å². The standard InChI is InChI=1S/C10H8ClF2NO/c1-6(5-14)7-2-3-9(8(11)4-7)15-10(12)13/h2-4,6,10H,1H3. The third kappa shape index (κ3) is 3.07. The summed E-state index contributed by atoms with van der Waals surface area (Å²) < 4.78 is 28.0. The van der Waals surface area contributed by atoms with Crippen LogP contribution in [0.15, 0.2) is 18.2 Å². The number of nitrogens with zero attached hydrogens (tertiary/aromatic N) is 1. The summed E-state index contributed by atoms with van der Waals surface area (Å²) in [7, 11) is 0. The summed E-state index contributed by atoms with van der Waals surface area (Å²) in [4.78, 5) is 0. The summed E-state index contributed by atoms with van der Waals surface area (Å²) in [6, 6.07) is 6.34. The van der Waals surface area contributed by atoms with E-state index in [1.807, 2.05) is 6.07 Å². The van der Waals surface area contributed by atoms with Crippen molar-refractivity contribution in [3.8, 4) is 11.8 Å². The lowest BCUT2D eigenvalue weighted by molar-refractivity contribution is -0.0497. The molecule has 0 amide bonds. The Bertz CT molecular complexity index is 389. The maximum absolute atomic E-state index is 11.9. The van der Waals surface area contributed by atoms with Gasteiger partial charge >= 0.3 is 6.61 Å². The van der Waals surface area contributed by atoms with Crippen LogP contribution in [0.25, 0.3) is 0 Å². The molecule has 5 heteroatoms. The second-order valence-electron chi connectivity index (χ2n) is 2.92. The summed E-state index contributed by atoms with van der Waals surface area (Å²) >= 11 is 5.71. The molecule has 1 rings (SSSR count). The molecule has 0 saturated carbocycles. The number of halogens is 3. The van der Waals surface area contributed by atoms with Gasteiger partial charge in [-0.05, 0) is 24.6 Å². The molecule has 0 fully saturated rings. The van der Waals surface area contributed by atoms with E-state index >= 15 is 0 Å². The zero-order chi connectivity index (χ0) is 11.4. The molecule has 0 N–H and O–H groups in total. The maximum atomic E-state index is 11.9. The summed E-state index contributed by atoms with van der Waals surface area (Å²) in [5.74, 6) is -0.413. The Morgan fingerprint density at radius 1 is 1.47 bits per heavy atom. The fraction of sp³-hybridized carbons (Fsp3) is 0.300. The Balaban J connectivity index is 2.94. The van der Waals surface area contributed by atoms with E-state index in [2.05, 4.69) is 4.74 Å². The molecule has 1 aromatic rings. The van der Waals surface area contributed by atoms with Crippen LogP contribution in [0.4, 0.5) is 8.78 Å². The molecule has 1 aromatic carbocycles. The molecule has 0 saturated heterocycles. The lowest BCUT2D eigenvalue weighted by Crippen LogP contribution is -2.02. The van der Waals surface area contributed by atoms with Crippen molar-refractivity contribution in [3.05, 3.63) is 28.8 Å². The summed E-state index contributed by atoms with van der Waals surface area (Å²) in [5, 5.41) is 8.73. The summed E-state index contributed by atoms with van der Waals surface area (Å²) in [5.41, 5.74) is 0.670. The van der Waals surface area contributed by atoms with E-state index in [4.69, 9.17) is 16.9 Å². The highest BCUT2D eigenvalue weighted by molar-refractivity contribution is 6.32. The third-order valence-electron chi connectivity index (χ3n) is 1.87. The second kappa shape index (κ2) is 4.94. The normalized spacial score (nSPS) is 12.3. The molecule has 0 heterocycles. The first-order valence-corrected chi connectivity index (χ1v) is 4.56. The van der Waals surface area contributed by atoms with Gasteiger partial charge in [0.2, 0.25) is 0 Å². The van der Waals surface area contributed by atoms with Crippen molar-refractivity contribution >= 4 is 11.6 Å². The fourth-order valence-corrected chi connectivity index (χ4v) is 1.29. The van der Waals surface area contributed by atoms with Gasteiger partial charge in [-0.25, -0.2) is 0 Å². The van der Waals surface area contributed by atoms with Gasteiger partial charge in [0.1, 0.15) is 5.75 Å². The average Bonchev–Trinajstić information content (AvgIpc) is 2.19. The predicted octanol–water partition coefficient (Wildman–Crippen LogP) is 3.57. The number of ether oxygens (including phenoxy) is 1. The number of hydrogen-bond acceptors (Lipinski definition) is 2. The van der Waals surface area contributed by atoms with Crippen molar-refractivity contribution < 1.29 is 13.5 Å². The molecule has 0 spiro atoms. The van der Waals surface area contributed by atoms with Gasteiger partial charge in [-0.1, -0.05) is 17.7 Å². The first kappa shape index (κ1) is 11.7. The minimum absolute atomic E-state index is 0.0786. The highest BCUT2D eigenvalue weighted by atomic mass is 35.5. The van der Waals surface area contributed by atoms with E-state index < -0.39 is 6.61 Å². The molecule has 1 atom stereocenters. The van der Waals surface area contributed by atoms with Crippen LogP contribution in [0.1, 0.15) is 18.4 Å². The predicted molar refractivity (Wildman–Crippen MR) is 52.1 cm³/mol. The average molecular weight is 232 g/mol. The molecule has 0 bridgehead atoms. The molecular weight excluding hydrogens is 224 g/mol. The van der Waals surface area contributed by atoms with Crippen LogP contribution in [0.2, 0.25) is 5.02 Å². The van der Waals surface area contributed by atoms with Crippen LogP contribution >= 0.6 is 11.6 Å². The molecule has 0 radical (unpaired) electrons. The highest BCUT2D eigenvalue weighted by Gasteiger charge is 2.11. The van der Waals surface area contributed by atoms with E-state index in [1.165, 1.54) is 18.2 Å². The topological polar surface area (TPSA) is 33.0 Å². The molecule has 15 heavy (non-hydrogen) atoms. The number of hydrogen-bond donors (Lipinski definition) is 0. The Labute approximate surface area is 91.0 Å². The van der Waals surface area contributed by atoms with Crippen molar-refractivity contribution in [2.45, 2.75) is 19.5 Å². The van der Waals surface area contributed by atoms with Gasteiger partial charge in [-0.2, -0.15) is 14.0 Å². The molecule has 1 unspecified atom stereocenters. The maximum Gasteiger partial charge on any atom is 0.387 e. The van der Waals surface area contributed by atoms with Gasteiger partial charge < -0.3 is 4.74 Å². The van der Waals surface area contributed by atoms with Crippen molar-refractivity contribution in [3.63, 3.8) is 0 Å². The lowest BCUT2D eigenvalue weighted by atomic mass is 10.0. The van der Waals surface area contributed by atoms with E-state index in [1.54, 1.807) is 6.92 Å². The van der Waals surface area contributed by atoms with E-state index in [-0.39, 0.29) is 16.7 Å². The Kier molecular flexibility index (Phi) is 3.87. The fourth-order valence-electron chi connectivity index (χ4n) is 1.05. The number of alkyl halides is 2. The van der Waals surface area contributed by atoms with Gasteiger partial charge in [0.25, 0.3) is 0 Å². The van der Waals surface area contributed by atoms with E-state index in [9.17, 15) is 8.78 Å². The van der Waals surface area contributed by atoms with Crippen LogP contribution in [-0.4, -0.2) is 6.61 Å². The third-order valence-corrected chi connectivity index (χ3v) is 2.16. The molecule has 0 aromatic heterocycles. The first-order chi connectivity index (χ1) is 7.04. The van der Waals surface area contributed by atoms with E-state index in [0.29, 0.717) is 5.56 Å². The van der Waals surface area contributed by atoms with Gasteiger partial charge in [0, 0.05) is 0 Å². The minimum atomic E-state index is -2.90. The summed E-state index contributed by atoms with van der Waals surface area (Å²) in [6.45, 7) is -1.21. The second-order valence-corrected chi connectivity index (χ2v) is 3.33. The van der Waals surface area contributed by atoms with Crippen LogP contribution in [0, 0.1) is 11.3 Å². The first-order valence-electron chi connectivity index (χ1n) is 4.18. The number of benzene rings is 1. The molecule has 80 valence electrons. The number of rotatable bonds is 3. The monoisotopic (exact) mass is 231 g/mol. The van der Waals surface area contributed by atoms with Gasteiger partial charge in [-0.15, -0.1) is 0 Å². The molecule has 0 aliphatic heterocycles. The number of nitriles is 1. The van der Waals surface area contributed by atoms with Crippen molar-refractivity contribution in [2.24, 2.45) is 0 Å². The quantitative estimate of drug-likeness (QED) is 0.797. The molecular formula is C10H8ClF2NO. The Hall–Kier alpha value is -1.34. The molecule has 0 aliphatic rings.